The van der Waals surface area contributed by atoms with Gasteiger partial charge in [-0.15, -0.1) is 0 Å². The SMILES string of the molecule is CNCCN(C)Cc1cn(CC2(C)CCC3(CCC(c4[nH]ncc4CN(C)CCNC)CC3)O2)nc1C1CCC(C(=O)N(C)CCOc2ccccc2)CC1. The lowest BCUT2D eigenvalue weighted by molar-refractivity contribution is -0.135. The van der Waals surface area contributed by atoms with Crippen molar-refractivity contribution >= 4 is 5.91 Å². The predicted molar refractivity (Wildman–Crippen MR) is 218 cm³/mol. The second-order valence-corrected chi connectivity index (χ2v) is 17.2. The minimum Gasteiger partial charge on any atom is -0.492 e. The van der Waals surface area contributed by atoms with E-state index in [4.69, 9.17) is 14.6 Å². The minimum absolute atomic E-state index is 0.0487. The molecule has 12 nitrogen and oxygen atoms in total. The first-order chi connectivity index (χ1) is 26.6. The van der Waals surface area contributed by atoms with E-state index in [-0.39, 0.29) is 23.0 Å². The second kappa shape index (κ2) is 19.2. The summed E-state index contributed by atoms with van der Waals surface area (Å²) in [5, 5.41) is 19.7. The number of benzene rings is 1. The Morgan fingerprint density at radius 2 is 1.56 bits per heavy atom. The molecule has 1 atom stereocenters. The number of para-hydroxylation sites is 1. The van der Waals surface area contributed by atoms with Crippen LogP contribution in [0.1, 0.15) is 105 Å². The number of hydrogen-bond donors (Lipinski definition) is 3. The third-order valence-corrected chi connectivity index (χ3v) is 12.6. The Morgan fingerprint density at radius 1 is 0.891 bits per heavy atom. The van der Waals surface area contributed by atoms with E-state index in [0.717, 1.165) is 116 Å². The van der Waals surface area contributed by atoms with Crippen molar-refractivity contribution in [2.24, 2.45) is 5.92 Å². The number of aromatic amines is 1. The van der Waals surface area contributed by atoms with Crippen LogP contribution in [-0.2, 0) is 29.2 Å². The first-order valence-corrected chi connectivity index (χ1v) is 21.0. The van der Waals surface area contributed by atoms with Crippen LogP contribution in [-0.4, -0.2) is 126 Å². The molecular formula is C43H69N9O3. The van der Waals surface area contributed by atoms with Crippen LogP contribution < -0.4 is 15.4 Å². The van der Waals surface area contributed by atoms with Crippen molar-refractivity contribution < 1.29 is 14.3 Å². The van der Waals surface area contributed by atoms with Gasteiger partial charge in [0.05, 0.1) is 36.2 Å². The van der Waals surface area contributed by atoms with Crippen molar-refractivity contribution in [2.45, 2.75) is 114 Å². The molecule has 304 valence electrons. The monoisotopic (exact) mass is 760 g/mol. The fraction of sp³-hybridized carbons (Fsp3) is 0.698. The summed E-state index contributed by atoms with van der Waals surface area (Å²) < 4.78 is 15.2. The molecule has 3 heterocycles. The van der Waals surface area contributed by atoms with Gasteiger partial charge in [0.15, 0.2) is 0 Å². The highest BCUT2D eigenvalue weighted by molar-refractivity contribution is 5.78. The van der Waals surface area contributed by atoms with Crippen LogP contribution in [0.4, 0.5) is 0 Å². The number of hydrogen-bond acceptors (Lipinski definition) is 9. The third-order valence-electron chi connectivity index (χ3n) is 12.6. The molecule has 2 aliphatic carbocycles. The maximum absolute atomic E-state index is 13.4. The lowest BCUT2D eigenvalue weighted by Gasteiger charge is -2.39. The van der Waals surface area contributed by atoms with Gasteiger partial charge in [0.1, 0.15) is 12.4 Å². The molecule has 0 bridgehead atoms. The van der Waals surface area contributed by atoms with Crippen molar-refractivity contribution in [3.63, 3.8) is 0 Å². The molecule has 1 spiro atoms. The number of aromatic nitrogens is 4. The zero-order valence-electron chi connectivity index (χ0n) is 34.6. The van der Waals surface area contributed by atoms with Gasteiger partial charge >= 0.3 is 0 Å². The lowest BCUT2D eigenvalue weighted by atomic mass is 9.75. The third kappa shape index (κ3) is 11.0. The van der Waals surface area contributed by atoms with Crippen molar-refractivity contribution in [1.82, 2.24) is 45.3 Å². The van der Waals surface area contributed by atoms with E-state index in [0.29, 0.717) is 25.0 Å². The van der Waals surface area contributed by atoms with Gasteiger partial charge in [-0.2, -0.15) is 10.2 Å². The number of ether oxygens (including phenoxy) is 2. The minimum atomic E-state index is -0.251. The molecular weight excluding hydrogens is 691 g/mol. The Kier molecular flexibility index (Phi) is 14.5. The van der Waals surface area contributed by atoms with Crippen LogP contribution in [0.5, 0.6) is 5.75 Å². The maximum Gasteiger partial charge on any atom is 0.225 e. The molecule has 1 saturated heterocycles. The Hall–Kier alpha value is -3.29. The van der Waals surface area contributed by atoms with Crippen LogP contribution >= 0.6 is 0 Å². The van der Waals surface area contributed by atoms with E-state index < -0.39 is 0 Å². The Balaban J connectivity index is 1.04. The summed E-state index contributed by atoms with van der Waals surface area (Å²) in [4.78, 5) is 20.0. The molecule has 55 heavy (non-hydrogen) atoms. The average Bonchev–Trinajstić information content (AvgIpc) is 3.90. The fourth-order valence-corrected chi connectivity index (χ4v) is 9.38. The standard InChI is InChI=1S/C43H69N9O3/c1-42(20-21-43(55-42)18-16-34(17-19-43)39-36(28-46-47-39)29-49(4)24-22-44-2)32-52-31-37(30-50(5)25-23-45-3)40(48-52)33-12-14-35(15-13-33)41(53)51(6)26-27-54-38-10-8-7-9-11-38/h7-11,28,31,33-35,44-45H,12-27,29-30,32H2,1-6H3,(H,46,47). The molecule has 1 aliphatic heterocycles. The van der Waals surface area contributed by atoms with Crippen LogP contribution in [0.15, 0.2) is 42.7 Å². The van der Waals surface area contributed by atoms with Gasteiger partial charge in [-0.3, -0.25) is 14.6 Å². The van der Waals surface area contributed by atoms with Crippen molar-refractivity contribution in [3.05, 3.63) is 65.2 Å². The zero-order chi connectivity index (χ0) is 38.8. The average molecular weight is 760 g/mol. The molecule has 3 aromatic rings. The van der Waals surface area contributed by atoms with Gasteiger partial charge in [0, 0.05) is 87.1 Å². The fourth-order valence-electron chi connectivity index (χ4n) is 9.38. The zero-order valence-corrected chi connectivity index (χ0v) is 34.6. The summed E-state index contributed by atoms with van der Waals surface area (Å²) in [5.41, 5.74) is 4.88. The van der Waals surface area contributed by atoms with Crippen LogP contribution in [0, 0.1) is 5.92 Å². The van der Waals surface area contributed by atoms with Crippen molar-refractivity contribution in [2.75, 3.05) is 74.6 Å². The van der Waals surface area contributed by atoms with Crippen LogP contribution in [0.2, 0.25) is 0 Å². The quantitative estimate of drug-likeness (QED) is 0.148. The van der Waals surface area contributed by atoms with E-state index >= 15 is 0 Å². The number of amides is 1. The molecule has 0 radical (unpaired) electrons. The summed E-state index contributed by atoms with van der Waals surface area (Å²) in [6.45, 7) is 9.85. The van der Waals surface area contributed by atoms with Gasteiger partial charge < -0.3 is 34.8 Å². The number of nitrogens with zero attached hydrogens (tertiary/aromatic N) is 6. The largest absolute Gasteiger partial charge is 0.492 e. The van der Waals surface area contributed by atoms with Gasteiger partial charge in [0.25, 0.3) is 0 Å². The lowest BCUT2D eigenvalue weighted by Crippen LogP contribution is -2.39. The van der Waals surface area contributed by atoms with Gasteiger partial charge in [-0.25, -0.2) is 0 Å². The van der Waals surface area contributed by atoms with E-state index in [1.54, 1.807) is 0 Å². The Labute approximate surface area is 330 Å². The molecule has 3 fully saturated rings. The highest BCUT2D eigenvalue weighted by Crippen LogP contribution is 2.50. The first kappa shape index (κ1) is 41.3. The number of carbonyl (C=O) groups is 1. The highest BCUT2D eigenvalue weighted by atomic mass is 16.5. The summed E-state index contributed by atoms with van der Waals surface area (Å²) in [6, 6.07) is 9.81. The van der Waals surface area contributed by atoms with Crippen LogP contribution in [0.3, 0.4) is 0 Å². The first-order valence-electron chi connectivity index (χ1n) is 21.0. The molecule has 2 aromatic heterocycles. The molecule has 1 aromatic carbocycles. The van der Waals surface area contributed by atoms with Crippen molar-refractivity contribution in [3.8, 4) is 5.75 Å². The number of H-pyrrole nitrogens is 1. The smallest absolute Gasteiger partial charge is 0.225 e. The Bertz CT molecular complexity index is 1610. The van der Waals surface area contributed by atoms with E-state index in [1.807, 2.05) is 62.6 Å². The summed E-state index contributed by atoms with van der Waals surface area (Å²) in [5.74, 6) is 2.00. The summed E-state index contributed by atoms with van der Waals surface area (Å²) in [7, 11) is 10.3. The molecule has 1 unspecified atom stereocenters. The number of nitrogens with one attached hydrogen (secondary N) is 3. The summed E-state index contributed by atoms with van der Waals surface area (Å²) >= 11 is 0. The van der Waals surface area contributed by atoms with Gasteiger partial charge in [-0.1, -0.05) is 18.2 Å². The number of carbonyl (C=O) groups excluding carboxylic acids is 1. The normalized spacial score (nSPS) is 25.6. The maximum atomic E-state index is 13.4. The van der Waals surface area contributed by atoms with Gasteiger partial charge in [0.2, 0.25) is 5.91 Å². The van der Waals surface area contributed by atoms with E-state index in [1.165, 1.54) is 22.5 Å². The summed E-state index contributed by atoms with van der Waals surface area (Å²) in [6.07, 6.45) is 14.7. The van der Waals surface area contributed by atoms with E-state index in [9.17, 15) is 4.79 Å². The van der Waals surface area contributed by atoms with Crippen molar-refractivity contribution in [1.29, 1.82) is 0 Å². The molecule has 3 N–H and O–H groups in total. The topological polar surface area (TPSA) is 116 Å². The Morgan fingerprint density at radius 3 is 2.24 bits per heavy atom. The molecule has 6 rings (SSSR count). The number of likely N-dealkylation sites (N-methyl/N-ethyl adjacent to an activating group) is 5. The molecule has 1 amide bonds. The molecule has 3 aliphatic rings. The second-order valence-electron chi connectivity index (χ2n) is 17.2. The molecule has 12 heteroatoms. The molecule has 2 saturated carbocycles. The van der Waals surface area contributed by atoms with Crippen LogP contribution in [0.25, 0.3) is 0 Å². The van der Waals surface area contributed by atoms with E-state index in [2.05, 4.69) is 62.5 Å². The van der Waals surface area contributed by atoms with Gasteiger partial charge in [-0.05, 0) is 111 Å². The number of rotatable bonds is 19. The highest BCUT2D eigenvalue weighted by Gasteiger charge is 2.49. The predicted octanol–water partition coefficient (Wildman–Crippen LogP) is 5.39.